The monoisotopic (exact) mass is 379 g/mol. The minimum atomic E-state index is -1.54. The smallest absolute Gasteiger partial charge is 0.178 e. The van der Waals surface area contributed by atoms with E-state index in [-0.39, 0.29) is 11.5 Å². The molecule has 3 aromatic carbocycles. The van der Waals surface area contributed by atoms with Crippen molar-refractivity contribution in [2.45, 2.75) is 18.6 Å². The fourth-order valence-corrected chi connectivity index (χ4v) is 3.35. The highest BCUT2D eigenvalue weighted by molar-refractivity contribution is 5.52. The van der Waals surface area contributed by atoms with E-state index in [2.05, 4.69) is 10.7 Å². The number of aliphatic hydroxyl groups excluding tert-OH is 1. The zero-order valence-corrected chi connectivity index (χ0v) is 14.9. The molecule has 1 saturated heterocycles. The summed E-state index contributed by atoms with van der Waals surface area (Å²) in [6.07, 6.45) is -2.36. The van der Waals surface area contributed by atoms with Crippen LogP contribution in [0.15, 0.2) is 72.8 Å². The minimum absolute atomic E-state index is 0.145. The van der Waals surface area contributed by atoms with E-state index < -0.39 is 18.6 Å². The van der Waals surface area contributed by atoms with Crippen LogP contribution in [0.25, 0.3) is 0 Å². The van der Waals surface area contributed by atoms with E-state index in [4.69, 9.17) is 0 Å². The Kier molecular flexibility index (Phi) is 4.89. The van der Waals surface area contributed by atoms with Crippen LogP contribution in [0.4, 0.5) is 5.69 Å². The Morgan fingerprint density at radius 1 is 0.750 bits per heavy atom. The second kappa shape index (κ2) is 7.49. The number of anilines is 1. The van der Waals surface area contributed by atoms with Crippen LogP contribution in [0.3, 0.4) is 0 Å². The fourth-order valence-electron chi connectivity index (χ4n) is 3.35. The van der Waals surface area contributed by atoms with Crippen molar-refractivity contribution in [2.24, 2.45) is 0 Å². The second-order valence-electron chi connectivity index (χ2n) is 6.58. The van der Waals surface area contributed by atoms with Crippen LogP contribution in [0, 0.1) is 0 Å². The Balaban J connectivity index is 1.72. The van der Waals surface area contributed by atoms with Crippen LogP contribution in [-0.4, -0.2) is 20.4 Å². The van der Waals surface area contributed by atoms with Crippen LogP contribution in [-0.2, 0) is 0 Å². The first-order valence-corrected chi connectivity index (χ1v) is 8.88. The molecule has 3 aromatic rings. The highest BCUT2D eigenvalue weighted by Crippen LogP contribution is 2.37. The molecule has 0 radical (unpaired) electrons. The minimum Gasteiger partial charge on any atom is -0.508 e. The number of phenols is 2. The van der Waals surface area contributed by atoms with Crippen molar-refractivity contribution in [3.05, 3.63) is 89.5 Å². The number of hydrogen-bond donors (Lipinski definition) is 6. The van der Waals surface area contributed by atoms with Gasteiger partial charge in [0.15, 0.2) is 6.29 Å². The van der Waals surface area contributed by atoms with Gasteiger partial charge in [-0.15, -0.1) is 0 Å². The van der Waals surface area contributed by atoms with Gasteiger partial charge in [0.05, 0.1) is 5.69 Å². The van der Waals surface area contributed by atoms with Crippen molar-refractivity contribution in [2.75, 3.05) is 5.01 Å². The average Bonchev–Trinajstić information content (AvgIpc) is 3.13. The molecule has 1 fully saturated rings. The summed E-state index contributed by atoms with van der Waals surface area (Å²) in [5, 5.41) is 44.4. The third-order valence-corrected chi connectivity index (χ3v) is 4.80. The van der Waals surface area contributed by atoms with Gasteiger partial charge in [0.25, 0.3) is 0 Å². The lowest BCUT2D eigenvalue weighted by Gasteiger charge is -2.26. The highest BCUT2D eigenvalue weighted by Gasteiger charge is 2.35. The third kappa shape index (κ3) is 3.39. The fraction of sp³-hybridized carbons (Fsp3) is 0.143. The molecular weight excluding hydrogens is 358 g/mol. The molecule has 0 bridgehead atoms. The van der Waals surface area contributed by atoms with Crippen molar-refractivity contribution >= 4 is 5.69 Å². The molecule has 2 atom stereocenters. The van der Waals surface area contributed by atoms with Gasteiger partial charge >= 0.3 is 0 Å². The quantitative estimate of drug-likeness (QED) is 0.387. The van der Waals surface area contributed by atoms with Gasteiger partial charge in [-0.05, 0) is 24.3 Å². The lowest BCUT2D eigenvalue weighted by atomic mass is 10.1. The van der Waals surface area contributed by atoms with Crippen LogP contribution in [0.1, 0.15) is 35.3 Å². The predicted octanol–water partition coefficient (Wildman–Crippen LogP) is 2.39. The summed E-state index contributed by atoms with van der Waals surface area (Å²) in [6, 6.07) is 20.8. The summed E-state index contributed by atoms with van der Waals surface area (Å²) in [6.45, 7) is 0. The number of hydrogen-bond acceptors (Lipinski definition) is 7. The number of aromatic hydroxyl groups is 2. The molecule has 1 aliphatic rings. The number of nitrogens with zero attached hydrogens (tertiary/aromatic N) is 1. The number of phenolic OH excluding ortho intramolecular Hbond substituents is 2. The number of benzene rings is 3. The summed E-state index contributed by atoms with van der Waals surface area (Å²) in [4.78, 5) is 0. The van der Waals surface area contributed by atoms with E-state index in [0.717, 1.165) is 5.69 Å². The van der Waals surface area contributed by atoms with E-state index >= 15 is 0 Å². The normalized spacial score (nSPS) is 19.3. The molecule has 0 aromatic heterocycles. The van der Waals surface area contributed by atoms with E-state index in [1.54, 1.807) is 48.5 Å². The number of nitrogens with one attached hydrogen (secondary N) is 2. The molecule has 7 nitrogen and oxygen atoms in total. The molecule has 1 aliphatic heterocycles. The standard InChI is InChI=1S/C21H21N3O4/c25-17-7-3-1-5-15(17)19-22-20(16-6-2-4-8-18(16)26)24(23-19)14-11-9-13(10-12-14)21(27)28/h1-12,19-23,25-28H. The molecule has 28 heavy (non-hydrogen) atoms. The number of aliphatic hydroxyl groups is 2. The maximum absolute atomic E-state index is 10.4. The number of para-hydroxylation sites is 2. The van der Waals surface area contributed by atoms with Gasteiger partial charge in [-0.25, -0.2) is 5.43 Å². The van der Waals surface area contributed by atoms with Crippen LogP contribution < -0.4 is 15.8 Å². The van der Waals surface area contributed by atoms with E-state index in [1.807, 2.05) is 29.3 Å². The molecule has 2 unspecified atom stereocenters. The van der Waals surface area contributed by atoms with Crippen LogP contribution in [0.2, 0.25) is 0 Å². The number of hydrazine groups is 1. The molecular formula is C21H21N3O4. The van der Waals surface area contributed by atoms with Gasteiger partial charge in [-0.2, -0.15) is 0 Å². The molecule has 4 rings (SSSR count). The second-order valence-corrected chi connectivity index (χ2v) is 6.58. The van der Waals surface area contributed by atoms with Crippen LogP contribution in [0.5, 0.6) is 11.5 Å². The Morgan fingerprint density at radius 3 is 1.89 bits per heavy atom. The molecule has 7 heteroatoms. The topological polar surface area (TPSA) is 108 Å². The maximum Gasteiger partial charge on any atom is 0.178 e. The molecule has 0 aliphatic carbocycles. The first-order valence-electron chi connectivity index (χ1n) is 8.88. The van der Waals surface area contributed by atoms with Crippen molar-refractivity contribution in [1.82, 2.24) is 10.7 Å². The molecule has 1 heterocycles. The Labute approximate surface area is 162 Å². The van der Waals surface area contributed by atoms with E-state index in [0.29, 0.717) is 16.7 Å². The molecule has 0 amide bonds. The molecule has 0 spiro atoms. The van der Waals surface area contributed by atoms with E-state index in [9.17, 15) is 20.4 Å². The summed E-state index contributed by atoms with van der Waals surface area (Å²) in [5.41, 5.74) is 5.79. The Morgan fingerprint density at radius 2 is 1.32 bits per heavy atom. The SMILES string of the molecule is Oc1ccccc1C1NC(c2ccccc2O)N(c2ccc(C(O)O)cc2)N1. The van der Waals surface area contributed by atoms with Gasteiger partial charge in [0.1, 0.15) is 23.8 Å². The predicted molar refractivity (Wildman–Crippen MR) is 104 cm³/mol. The maximum atomic E-state index is 10.4. The van der Waals surface area contributed by atoms with Gasteiger partial charge in [0.2, 0.25) is 0 Å². The highest BCUT2D eigenvalue weighted by atomic mass is 16.5. The number of rotatable bonds is 4. The van der Waals surface area contributed by atoms with Crippen LogP contribution >= 0.6 is 0 Å². The van der Waals surface area contributed by atoms with Gasteiger partial charge in [-0.1, -0.05) is 48.5 Å². The Hall–Kier alpha value is -3.10. The average molecular weight is 379 g/mol. The first kappa shape index (κ1) is 18.3. The Bertz CT molecular complexity index is 962. The van der Waals surface area contributed by atoms with Crippen molar-refractivity contribution < 1.29 is 20.4 Å². The van der Waals surface area contributed by atoms with Crippen molar-refractivity contribution in [1.29, 1.82) is 0 Å². The van der Waals surface area contributed by atoms with Gasteiger partial charge < -0.3 is 20.4 Å². The zero-order valence-electron chi connectivity index (χ0n) is 14.9. The summed E-state index contributed by atoms with van der Waals surface area (Å²) in [5.74, 6) is 0.302. The lowest BCUT2D eigenvalue weighted by Crippen LogP contribution is -2.34. The van der Waals surface area contributed by atoms with E-state index in [1.165, 1.54) is 0 Å². The first-order chi connectivity index (χ1) is 13.5. The van der Waals surface area contributed by atoms with Gasteiger partial charge in [-0.3, -0.25) is 10.3 Å². The van der Waals surface area contributed by atoms with Crippen molar-refractivity contribution in [3.8, 4) is 11.5 Å². The largest absolute Gasteiger partial charge is 0.508 e. The molecule has 6 N–H and O–H groups in total. The third-order valence-electron chi connectivity index (χ3n) is 4.80. The summed E-state index contributed by atoms with van der Waals surface area (Å²) in [7, 11) is 0. The van der Waals surface area contributed by atoms with Crippen molar-refractivity contribution in [3.63, 3.8) is 0 Å². The summed E-state index contributed by atoms with van der Waals surface area (Å²) >= 11 is 0. The van der Waals surface area contributed by atoms with Gasteiger partial charge in [0, 0.05) is 16.7 Å². The molecule has 144 valence electrons. The molecule has 0 saturated carbocycles. The zero-order chi connectivity index (χ0) is 19.7. The lowest BCUT2D eigenvalue weighted by molar-refractivity contribution is -0.0424. The summed E-state index contributed by atoms with van der Waals surface area (Å²) < 4.78 is 0.